The molecule has 5 heteroatoms. The fourth-order valence-electron chi connectivity index (χ4n) is 3.76. The zero-order valence-electron chi connectivity index (χ0n) is 14.5. The lowest BCUT2D eigenvalue weighted by Crippen LogP contribution is -2.36. The molecule has 5 nitrogen and oxygen atoms in total. The Morgan fingerprint density at radius 3 is 2.73 bits per heavy atom. The Morgan fingerprint density at radius 2 is 1.88 bits per heavy atom. The molecule has 4 rings (SSSR count). The number of aromatic amines is 1. The van der Waals surface area contributed by atoms with Crippen LogP contribution >= 0.6 is 0 Å². The zero-order chi connectivity index (χ0) is 17.9. The van der Waals surface area contributed by atoms with Crippen molar-refractivity contribution in [1.29, 1.82) is 0 Å². The van der Waals surface area contributed by atoms with Crippen LogP contribution in [0.2, 0.25) is 0 Å². The van der Waals surface area contributed by atoms with Crippen LogP contribution < -0.4 is 5.56 Å². The van der Waals surface area contributed by atoms with Gasteiger partial charge in [0.15, 0.2) is 0 Å². The monoisotopic (exact) mass is 347 g/mol. The maximum atomic E-state index is 13.3. The fraction of sp³-hybridized carbons (Fsp3) is 0.286. The third-order valence-corrected chi connectivity index (χ3v) is 5.09. The molecule has 1 amide bonds. The molecule has 0 bridgehead atoms. The van der Waals surface area contributed by atoms with Crippen molar-refractivity contribution in [3.05, 3.63) is 76.5 Å². The predicted molar refractivity (Wildman–Crippen MR) is 101 cm³/mol. The molecule has 3 heterocycles. The Morgan fingerprint density at radius 1 is 1.08 bits per heavy atom. The lowest BCUT2D eigenvalue weighted by atomic mass is 10.0. The highest BCUT2D eigenvalue weighted by atomic mass is 16.2. The summed E-state index contributed by atoms with van der Waals surface area (Å²) in [5, 5.41) is 1.39. The number of aromatic nitrogens is 2. The van der Waals surface area contributed by atoms with E-state index in [0.717, 1.165) is 36.6 Å². The number of pyridine rings is 2. The third kappa shape index (κ3) is 3.12. The molecule has 132 valence electrons. The lowest BCUT2D eigenvalue weighted by molar-refractivity contribution is 0.0674. The number of amides is 1. The van der Waals surface area contributed by atoms with E-state index in [1.807, 2.05) is 35.2 Å². The number of likely N-dealkylation sites (tertiary alicyclic amines) is 1. The number of H-pyrrole nitrogens is 1. The van der Waals surface area contributed by atoms with Gasteiger partial charge in [0, 0.05) is 24.3 Å². The second-order valence-electron chi connectivity index (χ2n) is 6.74. The number of fused-ring (bicyclic) bond motifs is 1. The minimum Gasteiger partial charge on any atom is -0.330 e. The molecular weight excluding hydrogens is 326 g/mol. The highest BCUT2D eigenvalue weighted by Gasteiger charge is 2.28. The van der Waals surface area contributed by atoms with E-state index in [4.69, 9.17) is 0 Å². The van der Waals surface area contributed by atoms with Gasteiger partial charge in [0.1, 0.15) is 5.69 Å². The van der Waals surface area contributed by atoms with Gasteiger partial charge >= 0.3 is 0 Å². The Kier molecular flexibility index (Phi) is 4.52. The minimum absolute atomic E-state index is 0.0166. The predicted octanol–water partition coefficient (Wildman–Crippen LogP) is 3.68. The average molecular weight is 347 g/mol. The van der Waals surface area contributed by atoms with Crippen molar-refractivity contribution in [1.82, 2.24) is 14.9 Å². The van der Waals surface area contributed by atoms with E-state index >= 15 is 0 Å². The van der Waals surface area contributed by atoms with Gasteiger partial charge in [-0.1, -0.05) is 31.0 Å². The van der Waals surface area contributed by atoms with Gasteiger partial charge in [0.25, 0.3) is 11.5 Å². The summed E-state index contributed by atoms with van der Waals surface area (Å²) in [4.78, 5) is 34.4. The number of rotatable bonds is 2. The molecule has 1 saturated heterocycles. The number of nitrogens with zero attached hydrogens (tertiary/aromatic N) is 2. The van der Waals surface area contributed by atoms with Crippen LogP contribution in [0.4, 0.5) is 0 Å². The summed E-state index contributed by atoms with van der Waals surface area (Å²) in [6, 6.07) is 13.1. The summed E-state index contributed by atoms with van der Waals surface area (Å²) in [7, 11) is 0. The van der Waals surface area contributed by atoms with Crippen LogP contribution in [0, 0.1) is 0 Å². The van der Waals surface area contributed by atoms with Crippen molar-refractivity contribution >= 4 is 16.7 Å². The summed E-state index contributed by atoms with van der Waals surface area (Å²) in [5.74, 6) is -0.114. The molecule has 1 N–H and O–H groups in total. The number of carbonyl (C=O) groups is 1. The summed E-state index contributed by atoms with van der Waals surface area (Å²) >= 11 is 0. The molecular formula is C21H21N3O2. The van der Waals surface area contributed by atoms with Gasteiger partial charge in [-0.25, -0.2) is 0 Å². The molecule has 3 aromatic rings. The van der Waals surface area contributed by atoms with Crippen LogP contribution in [0.5, 0.6) is 0 Å². The molecule has 2 aromatic heterocycles. The maximum absolute atomic E-state index is 13.3. The average Bonchev–Trinajstić information content (AvgIpc) is 2.94. The maximum Gasteiger partial charge on any atom is 0.270 e. The molecule has 1 atom stereocenters. The summed E-state index contributed by atoms with van der Waals surface area (Å²) in [5.41, 5.74) is 1.23. The van der Waals surface area contributed by atoms with E-state index in [1.54, 1.807) is 24.5 Å². The van der Waals surface area contributed by atoms with Crippen molar-refractivity contribution in [2.24, 2.45) is 0 Å². The largest absolute Gasteiger partial charge is 0.330 e. The van der Waals surface area contributed by atoms with Crippen LogP contribution in [0.15, 0.2) is 59.7 Å². The molecule has 0 spiro atoms. The van der Waals surface area contributed by atoms with E-state index in [0.29, 0.717) is 17.6 Å². The molecule has 1 unspecified atom stereocenters. The molecule has 1 aliphatic heterocycles. The standard InChI is InChI=1S/C21H21N3O2/c25-20-17-7-4-3-6-16(17)14-18(23-20)21(26)24-13-5-1-2-8-19(24)15-9-11-22-12-10-15/h3-4,6-7,9-12,14,19H,1-2,5,8,13H2,(H,23,25). The molecule has 26 heavy (non-hydrogen) atoms. The van der Waals surface area contributed by atoms with Gasteiger partial charge in [-0.05, 0) is 48.1 Å². The molecule has 0 saturated carbocycles. The Balaban J connectivity index is 1.74. The van der Waals surface area contributed by atoms with Gasteiger partial charge in [0.2, 0.25) is 0 Å². The first kappa shape index (κ1) is 16.5. The van der Waals surface area contributed by atoms with Gasteiger partial charge in [-0.2, -0.15) is 0 Å². The van der Waals surface area contributed by atoms with Crippen molar-refractivity contribution in [2.45, 2.75) is 31.7 Å². The SMILES string of the molecule is O=C(c1cc2ccccc2c(=O)[nH]1)N1CCCCCC1c1ccncc1. The van der Waals surface area contributed by atoms with Crippen LogP contribution in [0.3, 0.4) is 0 Å². The van der Waals surface area contributed by atoms with Gasteiger partial charge in [-0.15, -0.1) is 0 Å². The van der Waals surface area contributed by atoms with Crippen LogP contribution in [-0.2, 0) is 0 Å². The minimum atomic E-state index is -0.221. The van der Waals surface area contributed by atoms with Crippen LogP contribution in [-0.4, -0.2) is 27.3 Å². The van der Waals surface area contributed by atoms with Crippen LogP contribution in [0.25, 0.3) is 10.8 Å². The second kappa shape index (κ2) is 7.12. The quantitative estimate of drug-likeness (QED) is 0.769. The molecule has 1 fully saturated rings. The Hall–Kier alpha value is -2.95. The van der Waals surface area contributed by atoms with Crippen molar-refractivity contribution in [3.63, 3.8) is 0 Å². The summed E-state index contributed by atoms with van der Waals surface area (Å²) in [6.07, 6.45) is 7.63. The number of benzene rings is 1. The van der Waals surface area contributed by atoms with Crippen molar-refractivity contribution in [2.75, 3.05) is 6.54 Å². The summed E-state index contributed by atoms with van der Waals surface area (Å²) < 4.78 is 0. The number of hydrogen-bond donors (Lipinski definition) is 1. The van der Waals surface area contributed by atoms with E-state index in [9.17, 15) is 9.59 Å². The van der Waals surface area contributed by atoms with Crippen molar-refractivity contribution < 1.29 is 4.79 Å². The molecule has 1 aromatic carbocycles. The number of nitrogens with one attached hydrogen (secondary N) is 1. The highest BCUT2D eigenvalue weighted by Crippen LogP contribution is 2.31. The first-order chi connectivity index (χ1) is 12.7. The van der Waals surface area contributed by atoms with Gasteiger partial charge in [0.05, 0.1) is 6.04 Å². The van der Waals surface area contributed by atoms with E-state index in [2.05, 4.69) is 9.97 Å². The van der Waals surface area contributed by atoms with Gasteiger partial charge < -0.3 is 9.88 Å². The lowest BCUT2D eigenvalue weighted by Gasteiger charge is -2.30. The van der Waals surface area contributed by atoms with E-state index in [1.165, 1.54) is 0 Å². The van der Waals surface area contributed by atoms with E-state index < -0.39 is 0 Å². The first-order valence-corrected chi connectivity index (χ1v) is 9.07. The van der Waals surface area contributed by atoms with Crippen molar-refractivity contribution in [3.8, 4) is 0 Å². The number of carbonyl (C=O) groups excluding carboxylic acids is 1. The Labute approximate surface area is 151 Å². The van der Waals surface area contributed by atoms with Gasteiger partial charge in [-0.3, -0.25) is 14.6 Å². The zero-order valence-corrected chi connectivity index (χ0v) is 14.5. The summed E-state index contributed by atoms with van der Waals surface area (Å²) in [6.45, 7) is 0.695. The third-order valence-electron chi connectivity index (χ3n) is 5.09. The van der Waals surface area contributed by atoms with E-state index in [-0.39, 0.29) is 17.5 Å². The normalized spacial score (nSPS) is 17.8. The molecule has 1 aliphatic rings. The second-order valence-corrected chi connectivity index (χ2v) is 6.74. The molecule has 0 aliphatic carbocycles. The topological polar surface area (TPSA) is 66.1 Å². The fourth-order valence-corrected chi connectivity index (χ4v) is 3.76. The Bertz CT molecular complexity index is 981. The smallest absolute Gasteiger partial charge is 0.270 e. The van der Waals surface area contributed by atoms with Crippen LogP contribution in [0.1, 0.15) is 47.8 Å². The highest BCUT2D eigenvalue weighted by molar-refractivity contribution is 5.96. The number of hydrogen-bond acceptors (Lipinski definition) is 3. The first-order valence-electron chi connectivity index (χ1n) is 9.07. The molecule has 0 radical (unpaired) electrons.